The molecule has 0 saturated heterocycles. The van der Waals surface area contributed by atoms with Gasteiger partial charge in [-0.25, -0.2) is 19.2 Å². The van der Waals surface area contributed by atoms with Gasteiger partial charge in [0.05, 0.1) is 29.6 Å². The molecule has 0 spiro atoms. The molecular formula is C93H116O22. The van der Waals surface area contributed by atoms with Crippen molar-refractivity contribution in [3.8, 4) is 0 Å². The number of aliphatic carboxylic acids is 3. The third-order valence-electron chi connectivity index (χ3n) is 18.5. The molecule has 0 radical (unpaired) electrons. The van der Waals surface area contributed by atoms with Crippen LogP contribution in [0.3, 0.4) is 0 Å². The Morgan fingerprint density at radius 2 is 0.487 bits per heavy atom. The molecule has 0 fully saturated rings. The summed E-state index contributed by atoms with van der Waals surface area (Å²) in [5.74, 6) is -12.0. The van der Waals surface area contributed by atoms with Crippen molar-refractivity contribution in [3.63, 3.8) is 0 Å². The second kappa shape index (κ2) is 48.3. The maximum Gasteiger partial charge on any atom is 0.352 e. The van der Waals surface area contributed by atoms with Gasteiger partial charge in [0.1, 0.15) is 19.3 Å². The van der Waals surface area contributed by atoms with Crippen LogP contribution in [0, 0.1) is 29.6 Å². The van der Waals surface area contributed by atoms with Crippen LogP contribution in [0.1, 0.15) is 214 Å². The van der Waals surface area contributed by atoms with Gasteiger partial charge in [0.15, 0.2) is 17.7 Å². The Morgan fingerprint density at radius 1 is 0.252 bits per heavy atom. The maximum absolute atomic E-state index is 13.4. The highest BCUT2D eigenvalue weighted by atomic mass is 16.6. The van der Waals surface area contributed by atoms with E-state index in [1.807, 2.05) is 109 Å². The molecule has 0 amide bonds. The molecule has 0 aliphatic carbocycles. The first-order valence-corrected chi connectivity index (χ1v) is 38.9. The van der Waals surface area contributed by atoms with E-state index < -0.39 is 132 Å². The lowest BCUT2D eigenvalue weighted by Gasteiger charge is -2.26. The third kappa shape index (κ3) is 33.6. The van der Waals surface area contributed by atoms with Crippen LogP contribution in [0.2, 0.25) is 0 Å². The van der Waals surface area contributed by atoms with Gasteiger partial charge in [0, 0.05) is 0 Å². The van der Waals surface area contributed by atoms with Crippen molar-refractivity contribution in [3.05, 3.63) is 249 Å². The van der Waals surface area contributed by atoms with E-state index in [9.17, 15) is 68.1 Å². The second-order valence-electron chi connectivity index (χ2n) is 31.0. The molecule has 7 aromatic carbocycles. The first kappa shape index (κ1) is 96.4. The van der Waals surface area contributed by atoms with Gasteiger partial charge in [0.2, 0.25) is 24.4 Å². The Bertz CT molecular complexity index is 4140. The third-order valence-corrected chi connectivity index (χ3v) is 18.5. The number of carboxylic acid groups (broad SMARTS) is 3. The highest BCUT2D eigenvalue weighted by molar-refractivity contribution is 5.94. The standard InChI is InChI=1S/C38H46O7.C30H38O8.C13H18O2.C12H14O5/c1-24(2)21-29-13-17-32(18-14-29)26(5)36(40)44-34(28(7)39)35(38(42)43-23-31-11-9-8-10-12-31)45-37(41)27(6)33-19-15-30(16-20-33)22-25(3)4;1-17(2)15-21-7-11-23(12-8-21)19(5)29(35)37-25(27(31)32)26(28(33)34)38-30(36)20(6)24-13-9-22(10-14-24)16-18(3)4;1-9(2)8-11-4-6-12(7-5-11)10(3)13(14)15;1-8(13)10(14)11(15)12(16)17-7-9-5-3-2-4-6-9/h8-20,24-27,34-35H,21-23H2,1-7H3;7-14,17-20,25-26H,15-16H2,1-6H3,(H,31,32)(H,33,34);4-7,9-10H,8H2,1-3H3,(H,14,15);2-6,10-11,14-15H,7H2,1H3. The SMILES string of the molecule is CC(=O)C(O)C(O)C(=O)OCc1ccccc1.CC(=O)C(OC(=O)C(C)c1ccc(CC(C)C)cc1)C(OC(=O)C(C)c1ccc(CC(C)C)cc1)C(=O)OCc1ccccc1.CC(C)Cc1ccc(C(C)C(=O)O)cc1.CC(C)Cc1ccc(C(C)C(=O)OC(C(=O)O)C(OC(=O)C(C)c2ccc(CC(C)C)cc2)C(=O)O)cc1. The molecule has 22 heteroatoms. The quantitative estimate of drug-likeness (QED) is 0.0178. The Balaban J connectivity index is 0.000000354. The van der Waals surface area contributed by atoms with E-state index in [1.165, 1.54) is 26.3 Å². The number of carbonyl (C=O) groups is 11. The van der Waals surface area contributed by atoms with E-state index >= 15 is 0 Å². The zero-order valence-corrected chi connectivity index (χ0v) is 69.2. The zero-order chi connectivity index (χ0) is 85.9. The molecule has 0 saturated carbocycles. The van der Waals surface area contributed by atoms with Gasteiger partial charge in [-0.15, -0.1) is 0 Å². The van der Waals surface area contributed by atoms with E-state index in [0.717, 1.165) is 72.4 Å². The maximum atomic E-state index is 13.4. The molecule has 11 atom stereocenters. The van der Waals surface area contributed by atoms with E-state index in [2.05, 4.69) is 69.2 Å². The molecule has 0 aliphatic rings. The molecule has 11 unspecified atom stereocenters. The van der Waals surface area contributed by atoms with Crippen LogP contribution in [0.5, 0.6) is 0 Å². The van der Waals surface area contributed by atoms with Crippen molar-refractivity contribution < 1.29 is 107 Å². The Morgan fingerprint density at radius 3 is 0.713 bits per heavy atom. The number of carboxylic acids is 3. The number of Topliss-reactive ketones (excluding diaryl/α,β-unsaturated/α-hetero) is 2. The predicted octanol–water partition coefficient (Wildman–Crippen LogP) is 15.2. The number of hydrogen-bond acceptors (Lipinski definition) is 19. The Labute approximate surface area is 676 Å². The van der Waals surface area contributed by atoms with Crippen LogP contribution in [-0.4, -0.2) is 127 Å². The molecule has 0 heterocycles. The minimum absolute atomic E-state index is 0.0125. The molecule has 0 aromatic heterocycles. The van der Waals surface area contributed by atoms with Gasteiger partial charge in [-0.2, -0.15) is 0 Å². The fourth-order valence-electron chi connectivity index (χ4n) is 11.7. The number of ketones is 2. The van der Waals surface area contributed by atoms with E-state index in [0.29, 0.717) is 57.4 Å². The van der Waals surface area contributed by atoms with Crippen LogP contribution >= 0.6 is 0 Å². The summed E-state index contributed by atoms with van der Waals surface area (Å²) in [7, 11) is 0. The molecule has 115 heavy (non-hydrogen) atoms. The monoisotopic (exact) mass is 1580 g/mol. The molecular weight excluding hydrogens is 1470 g/mol. The highest BCUT2D eigenvalue weighted by Crippen LogP contribution is 2.28. The Kier molecular flexibility index (Phi) is 40.5. The smallest absolute Gasteiger partial charge is 0.352 e. The summed E-state index contributed by atoms with van der Waals surface area (Å²) in [6.07, 6.45) is -6.89. The van der Waals surface area contributed by atoms with Crippen molar-refractivity contribution in [1.82, 2.24) is 0 Å². The number of hydrogen-bond donors (Lipinski definition) is 5. The number of aliphatic hydroxyl groups is 2. The van der Waals surface area contributed by atoms with Gasteiger partial charge in [-0.05, 0) is 177 Å². The van der Waals surface area contributed by atoms with Gasteiger partial charge in [0.25, 0.3) is 0 Å². The average Bonchev–Trinajstić information content (AvgIpc) is 0.829. The van der Waals surface area contributed by atoms with Crippen molar-refractivity contribution in [2.45, 2.75) is 229 Å². The fourth-order valence-corrected chi connectivity index (χ4v) is 11.7. The molecule has 0 aliphatic heterocycles. The largest absolute Gasteiger partial charge is 0.481 e. The van der Waals surface area contributed by atoms with Gasteiger partial charge < -0.3 is 54.0 Å². The first-order valence-electron chi connectivity index (χ1n) is 38.9. The van der Waals surface area contributed by atoms with Crippen LogP contribution in [-0.2, 0) is 126 Å². The molecule has 7 aromatic rings. The van der Waals surface area contributed by atoms with Crippen LogP contribution in [0.25, 0.3) is 0 Å². The minimum Gasteiger partial charge on any atom is -0.481 e. The molecule has 7 rings (SSSR count). The molecule has 0 bridgehead atoms. The molecule has 5 N–H and O–H groups in total. The van der Waals surface area contributed by atoms with Crippen LogP contribution < -0.4 is 0 Å². The summed E-state index contributed by atoms with van der Waals surface area (Å²) in [4.78, 5) is 135. The van der Waals surface area contributed by atoms with Crippen molar-refractivity contribution >= 4 is 65.3 Å². The lowest BCUT2D eigenvalue weighted by atomic mass is 9.96. The number of rotatable bonds is 37. The number of benzene rings is 7. The summed E-state index contributed by atoms with van der Waals surface area (Å²) in [5, 5.41) is 46.6. The van der Waals surface area contributed by atoms with Crippen molar-refractivity contribution in [2.24, 2.45) is 29.6 Å². The zero-order valence-electron chi connectivity index (χ0n) is 69.2. The summed E-state index contributed by atoms with van der Waals surface area (Å²) in [5.41, 5.74) is 10.6. The van der Waals surface area contributed by atoms with Gasteiger partial charge >= 0.3 is 53.7 Å². The number of aliphatic hydroxyl groups excluding tert-OH is 2. The summed E-state index contributed by atoms with van der Waals surface area (Å²) >= 11 is 0. The van der Waals surface area contributed by atoms with Gasteiger partial charge in [-0.3, -0.25) is 33.6 Å². The van der Waals surface area contributed by atoms with E-state index in [-0.39, 0.29) is 13.2 Å². The predicted molar refractivity (Wildman–Crippen MR) is 435 cm³/mol. The molecule has 22 nitrogen and oxygen atoms in total. The number of carbonyl (C=O) groups excluding carboxylic acids is 8. The lowest BCUT2D eigenvalue weighted by Crippen LogP contribution is -2.46. The van der Waals surface area contributed by atoms with E-state index in [4.69, 9.17) is 38.6 Å². The summed E-state index contributed by atoms with van der Waals surface area (Å²) < 4.78 is 31.7. The van der Waals surface area contributed by atoms with Crippen molar-refractivity contribution in [1.29, 1.82) is 0 Å². The van der Waals surface area contributed by atoms with Crippen LogP contribution in [0.15, 0.2) is 182 Å². The minimum atomic E-state index is -2.22. The molecule has 620 valence electrons. The summed E-state index contributed by atoms with van der Waals surface area (Å²) in [6, 6.07) is 55.5. The first-order chi connectivity index (χ1) is 54.2. The highest BCUT2D eigenvalue weighted by Gasteiger charge is 2.44. The number of ether oxygens (including phenoxy) is 6. The fraction of sp³-hybridized carbons (Fsp3) is 0.430. The van der Waals surface area contributed by atoms with E-state index in [1.54, 1.807) is 93.6 Å². The van der Waals surface area contributed by atoms with Gasteiger partial charge in [-0.1, -0.05) is 251 Å². The van der Waals surface area contributed by atoms with Crippen LogP contribution in [0.4, 0.5) is 0 Å². The Hall–Kier alpha value is -11.0. The second-order valence-corrected chi connectivity index (χ2v) is 31.0. The number of esters is 6. The summed E-state index contributed by atoms with van der Waals surface area (Å²) in [6.45, 7) is 31.5. The topological polar surface area (TPSA) is 344 Å². The average molecular weight is 1590 g/mol. The lowest BCUT2D eigenvalue weighted by molar-refractivity contribution is -0.188. The van der Waals surface area contributed by atoms with Crippen molar-refractivity contribution in [2.75, 3.05) is 0 Å². The normalized spacial score (nSPS) is 13.9.